The molecule has 0 N–H and O–H groups in total. The minimum absolute atomic E-state index is 0. The summed E-state index contributed by atoms with van der Waals surface area (Å²) in [5.74, 6) is 1.42. The van der Waals surface area contributed by atoms with Crippen LogP contribution in [0.5, 0.6) is 11.5 Å². The number of nitrogens with zero attached hydrogens (tertiary/aromatic N) is 1. The fourth-order valence-electron chi connectivity index (χ4n) is 2.75. The molecule has 0 spiro atoms. The van der Waals surface area contributed by atoms with E-state index in [4.69, 9.17) is 14.2 Å². The smallest absolute Gasteiger partial charge is 0.344 e. The molecule has 0 fully saturated rings. The Bertz CT molecular complexity index is 708. The zero-order valence-electron chi connectivity index (χ0n) is 16.7. The minimum atomic E-state index is -0.249. The fraction of sp³-hybridized carbons (Fsp3) is 0.455. The molecule has 1 aromatic carbocycles. The van der Waals surface area contributed by atoms with Crippen LogP contribution in [0.1, 0.15) is 48.9 Å². The third kappa shape index (κ3) is 9.39. The second kappa shape index (κ2) is 14.2. The lowest BCUT2D eigenvalue weighted by Gasteiger charge is -2.07. The Hall–Kier alpha value is -1.83. The lowest BCUT2D eigenvalue weighted by atomic mass is 10.1. The monoisotopic (exact) mass is 499 g/mol. The van der Waals surface area contributed by atoms with Gasteiger partial charge in [0.25, 0.3) is 0 Å². The van der Waals surface area contributed by atoms with E-state index in [2.05, 4.69) is 0 Å². The average Bonchev–Trinajstić information content (AvgIpc) is 2.69. The van der Waals surface area contributed by atoms with Crippen LogP contribution in [0.25, 0.3) is 0 Å². The van der Waals surface area contributed by atoms with Gasteiger partial charge in [-0.3, -0.25) is 0 Å². The van der Waals surface area contributed by atoms with Crippen LogP contribution in [0.15, 0.2) is 48.8 Å². The SMILES string of the molecule is COc1cccc(OCCCCCCCCOC(=O)c2ccc[n+](C)c2)c1.[I-]. The van der Waals surface area contributed by atoms with E-state index in [0.717, 1.165) is 50.2 Å². The van der Waals surface area contributed by atoms with Crippen LogP contribution >= 0.6 is 0 Å². The van der Waals surface area contributed by atoms with Crippen LogP contribution in [0.4, 0.5) is 0 Å². The highest BCUT2D eigenvalue weighted by Crippen LogP contribution is 2.19. The number of carbonyl (C=O) groups excluding carboxylic acids is 1. The quantitative estimate of drug-likeness (QED) is 0.190. The largest absolute Gasteiger partial charge is 1.00 e. The Kier molecular flexibility index (Phi) is 12.3. The predicted octanol–water partition coefficient (Wildman–Crippen LogP) is 1.10. The van der Waals surface area contributed by atoms with E-state index < -0.39 is 0 Å². The molecule has 0 saturated heterocycles. The van der Waals surface area contributed by atoms with Crippen molar-refractivity contribution in [2.45, 2.75) is 38.5 Å². The van der Waals surface area contributed by atoms with E-state index in [1.165, 1.54) is 6.42 Å². The van der Waals surface area contributed by atoms with Crippen LogP contribution in [0, 0.1) is 0 Å². The Morgan fingerprint density at radius 3 is 2.32 bits per heavy atom. The lowest BCUT2D eigenvalue weighted by Crippen LogP contribution is -3.00. The summed E-state index contributed by atoms with van der Waals surface area (Å²) in [6, 6.07) is 11.3. The van der Waals surface area contributed by atoms with Crippen molar-refractivity contribution in [3.05, 3.63) is 54.4 Å². The van der Waals surface area contributed by atoms with Gasteiger partial charge in [-0.15, -0.1) is 0 Å². The van der Waals surface area contributed by atoms with Crippen molar-refractivity contribution in [3.8, 4) is 11.5 Å². The number of unbranched alkanes of at least 4 members (excludes halogenated alkanes) is 5. The highest BCUT2D eigenvalue weighted by atomic mass is 127. The third-order valence-electron chi connectivity index (χ3n) is 4.26. The summed E-state index contributed by atoms with van der Waals surface area (Å²) in [6.07, 6.45) is 10.1. The summed E-state index contributed by atoms with van der Waals surface area (Å²) < 4.78 is 18.1. The molecule has 154 valence electrons. The number of esters is 1. The van der Waals surface area contributed by atoms with Crippen molar-refractivity contribution >= 4 is 5.97 Å². The number of aryl methyl sites for hydroxylation is 1. The summed E-state index contributed by atoms with van der Waals surface area (Å²) in [5, 5.41) is 0. The van der Waals surface area contributed by atoms with Crippen LogP contribution in [-0.4, -0.2) is 26.3 Å². The number of ether oxygens (including phenoxy) is 3. The number of carbonyl (C=O) groups is 1. The fourth-order valence-corrected chi connectivity index (χ4v) is 2.75. The maximum absolute atomic E-state index is 11.9. The number of aromatic nitrogens is 1. The normalized spacial score (nSPS) is 10.1. The van der Waals surface area contributed by atoms with Crippen molar-refractivity contribution < 1.29 is 47.5 Å². The number of hydrogen-bond donors (Lipinski definition) is 0. The zero-order valence-corrected chi connectivity index (χ0v) is 18.9. The van der Waals surface area contributed by atoms with E-state index in [1.807, 2.05) is 48.1 Å². The number of benzene rings is 1. The number of halogens is 1. The van der Waals surface area contributed by atoms with Gasteiger partial charge in [0, 0.05) is 12.1 Å². The Morgan fingerprint density at radius 1 is 0.929 bits per heavy atom. The van der Waals surface area contributed by atoms with Crippen molar-refractivity contribution in [3.63, 3.8) is 0 Å². The first-order chi connectivity index (χ1) is 13.2. The molecule has 1 heterocycles. The van der Waals surface area contributed by atoms with Crippen molar-refractivity contribution in [2.75, 3.05) is 20.3 Å². The molecule has 0 amide bonds. The van der Waals surface area contributed by atoms with Crippen molar-refractivity contribution in [1.29, 1.82) is 0 Å². The van der Waals surface area contributed by atoms with Gasteiger partial charge < -0.3 is 38.2 Å². The first-order valence-electron chi connectivity index (χ1n) is 9.58. The third-order valence-corrected chi connectivity index (χ3v) is 4.26. The first-order valence-corrected chi connectivity index (χ1v) is 9.58. The molecular weight excluding hydrogens is 469 g/mol. The van der Waals surface area contributed by atoms with Gasteiger partial charge >= 0.3 is 5.97 Å². The van der Waals surface area contributed by atoms with Crippen LogP contribution in [0.2, 0.25) is 0 Å². The number of rotatable bonds is 12. The molecule has 0 aliphatic carbocycles. The molecule has 2 aromatic rings. The standard InChI is InChI=1S/C22H30NO4.HI/c1-23-14-10-11-19(18-23)22(24)27-16-8-6-4-3-5-7-15-26-21-13-9-12-20(17-21)25-2;/h9-14,17-18H,3-8,15-16H2,1-2H3;1H/q+1;/p-1. The van der Waals surface area contributed by atoms with E-state index in [-0.39, 0.29) is 29.9 Å². The van der Waals surface area contributed by atoms with Crippen molar-refractivity contribution in [2.24, 2.45) is 7.05 Å². The molecule has 0 saturated carbocycles. The van der Waals surface area contributed by atoms with Gasteiger partial charge in [0.05, 0.1) is 20.3 Å². The second-order valence-corrected chi connectivity index (χ2v) is 6.54. The molecule has 1 aromatic heterocycles. The van der Waals surface area contributed by atoms with E-state index in [9.17, 15) is 4.79 Å². The summed E-state index contributed by atoms with van der Waals surface area (Å²) in [6.45, 7) is 1.20. The number of methoxy groups -OCH3 is 1. The topological polar surface area (TPSA) is 48.6 Å². The molecular formula is C22H30INO4. The molecule has 2 rings (SSSR count). The summed E-state index contributed by atoms with van der Waals surface area (Å²) in [4.78, 5) is 11.9. The second-order valence-electron chi connectivity index (χ2n) is 6.54. The van der Waals surface area contributed by atoms with Gasteiger partial charge in [0.1, 0.15) is 24.1 Å². The zero-order chi connectivity index (χ0) is 19.3. The number of hydrogen-bond acceptors (Lipinski definition) is 4. The summed E-state index contributed by atoms with van der Waals surface area (Å²) in [5.41, 5.74) is 0.594. The Morgan fingerprint density at radius 2 is 1.61 bits per heavy atom. The van der Waals surface area contributed by atoms with Gasteiger partial charge in [0.2, 0.25) is 0 Å². The molecule has 0 aliphatic rings. The van der Waals surface area contributed by atoms with Crippen molar-refractivity contribution in [1.82, 2.24) is 0 Å². The molecule has 0 bridgehead atoms. The molecule has 0 aliphatic heterocycles. The average molecular weight is 499 g/mol. The van der Waals surface area contributed by atoms with Crippen LogP contribution in [-0.2, 0) is 11.8 Å². The molecule has 0 radical (unpaired) electrons. The highest BCUT2D eigenvalue weighted by Gasteiger charge is 2.09. The maximum atomic E-state index is 11.9. The molecule has 0 unspecified atom stereocenters. The van der Waals surface area contributed by atoms with E-state index in [0.29, 0.717) is 12.2 Å². The van der Waals surface area contributed by atoms with Crippen LogP contribution in [0.3, 0.4) is 0 Å². The highest BCUT2D eigenvalue weighted by molar-refractivity contribution is 5.88. The first kappa shape index (κ1) is 24.2. The Labute approximate surface area is 185 Å². The minimum Gasteiger partial charge on any atom is -1.00 e. The number of pyridine rings is 1. The van der Waals surface area contributed by atoms with Crippen LogP contribution < -0.4 is 38.0 Å². The van der Waals surface area contributed by atoms with Gasteiger partial charge in [-0.25, -0.2) is 9.36 Å². The van der Waals surface area contributed by atoms with Gasteiger partial charge in [0.15, 0.2) is 12.4 Å². The molecule has 28 heavy (non-hydrogen) atoms. The lowest BCUT2D eigenvalue weighted by molar-refractivity contribution is -0.671. The van der Waals surface area contributed by atoms with E-state index in [1.54, 1.807) is 19.4 Å². The predicted molar refractivity (Wildman–Crippen MR) is 104 cm³/mol. The summed E-state index contributed by atoms with van der Waals surface area (Å²) in [7, 11) is 3.54. The van der Waals surface area contributed by atoms with E-state index >= 15 is 0 Å². The van der Waals surface area contributed by atoms with Gasteiger partial charge in [-0.05, 0) is 31.0 Å². The maximum Gasteiger partial charge on any atom is 0.344 e. The molecule has 0 atom stereocenters. The summed E-state index contributed by atoms with van der Waals surface area (Å²) >= 11 is 0. The van der Waals surface area contributed by atoms with Gasteiger partial charge in [-0.1, -0.05) is 31.7 Å². The Balaban J connectivity index is 0.00000392. The molecule has 6 heteroatoms. The molecule has 5 nitrogen and oxygen atoms in total. The van der Waals surface area contributed by atoms with Gasteiger partial charge in [-0.2, -0.15) is 0 Å².